The first-order valence-electron chi connectivity index (χ1n) is 13.9. The summed E-state index contributed by atoms with van der Waals surface area (Å²) in [5, 5.41) is 2.84. The number of nitrogens with one attached hydrogen (secondary N) is 1. The van der Waals surface area contributed by atoms with Crippen LogP contribution in [0.3, 0.4) is 0 Å². The quantitative estimate of drug-likeness (QED) is 0.0710. The van der Waals surface area contributed by atoms with Crippen LogP contribution in [0.1, 0.15) is 85.8 Å². The molecule has 0 aliphatic carbocycles. The zero-order chi connectivity index (χ0) is 31.4. The first-order chi connectivity index (χ1) is 18.8. The molecular weight excluding hydrogens is 606 g/mol. The second-order valence-electron chi connectivity index (χ2n) is 12.5. The molecule has 0 heterocycles. The average molecular weight is 655 g/mol. The zero-order valence-corrected chi connectivity index (χ0v) is 28.7. The van der Waals surface area contributed by atoms with Gasteiger partial charge >= 0.3 is 18.0 Å². The van der Waals surface area contributed by atoms with Gasteiger partial charge in [0.2, 0.25) is 0 Å². The molecule has 41 heavy (non-hydrogen) atoms. The summed E-state index contributed by atoms with van der Waals surface area (Å²) in [6.07, 6.45) is 4.11. The fourth-order valence-corrected chi connectivity index (χ4v) is 4.94. The summed E-state index contributed by atoms with van der Waals surface area (Å²) in [7, 11) is -2.07. The molecule has 0 fully saturated rings. The molecule has 0 aliphatic rings. The van der Waals surface area contributed by atoms with E-state index in [0.29, 0.717) is 18.4 Å². The molecule has 1 amide bonds. The molecule has 0 saturated carbocycles. The minimum Gasteiger partial charge on any atom is -0.543 e. The van der Waals surface area contributed by atoms with Gasteiger partial charge in [-0.2, -0.15) is 0 Å². The summed E-state index contributed by atoms with van der Waals surface area (Å²) in [4.78, 5) is 37.0. The standard InChI is InChI=1S/C31H48BrNO7Si/c1-11-18-37-27(34)17-14-22(2)13-12-19-38-28(35)21-25(33-29(36)39-30(3,4)5)23-15-16-26(24(32)20-23)40-41(9,10)31(6,7)8/h11,13,15-16,20,25H,1,12,14,17-19,21H2,2-10H3,(H,33,36)/b22-13+/t25-/m1/s1. The van der Waals surface area contributed by atoms with E-state index >= 15 is 0 Å². The van der Waals surface area contributed by atoms with E-state index in [1.54, 1.807) is 20.8 Å². The topological polar surface area (TPSA) is 100 Å². The van der Waals surface area contributed by atoms with E-state index in [0.717, 1.165) is 15.8 Å². The summed E-state index contributed by atoms with van der Waals surface area (Å²) < 4.78 is 23.0. The van der Waals surface area contributed by atoms with Crippen LogP contribution in [0.5, 0.6) is 5.75 Å². The lowest BCUT2D eigenvalue weighted by molar-refractivity contribution is -0.144. The average Bonchev–Trinajstić information content (AvgIpc) is 2.83. The number of ether oxygens (including phenoxy) is 3. The number of rotatable bonds is 14. The smallest absolute Gasteiger partial charge is 0.408 e. The number of carbonyl (C=O) groups is 3. The van der Waals surface area contributed by atoms with Crippen LogP contribution < -0.4 is 9.74 Å². The lowest BCUT2D eigenvalue weighted by atomic mass is 10.0. The predicted octanol–water partition coefficient (Wildman–Crippen LogP) is 8.18. The van der Waals surface area contributed by atoms with Crippen molar-refractivity contribution in [2.45, 2.75) is 104 Å². The van der Waals surface area contributed by atoms with Crippen LogP contribution in [0.25, 0.3) is 0 Å². The Morgan fingerprint density at radius 1 is 1.05 bits per heavy atom. The first kappa shape index (κ1) is 36.4. The van der Waals surface area contributed by atoms with Gasteiger partial charge in [-0.25, -0.2) is 4.79 Å². The Hall–Kier alpha value is -2.59. The number of amides is 1. The second-order valence-corrected chi connectivity index (χ2v) is 18.1. The van der Waals surface area contributed by atoms with E-state index in [2.05, 4.69) is 61.7 Å². The van der Waals surface area contributed by atoms with Crippen molar-refractivity contribution in [3.05, 3.63) is 52.5 Å². The molecule has 0 unspecified atom stereocenters. The largest absolute Gasteiger partial charge is 0.543 e. The summed E-state index contributed by atoms with van der Waals surface area (Å²) in [5.74, 6) is -0.0169. The Morgan fingerprint density at radius 2 is 1.71 bits per heavy atom. The maximum atomic E-state index is 12.8. The normalized spacial score (nSPS) is 13.2. The molecule has 1 aromatic rings. The van der Waals surface area contributed by atoms with Crippen LogP contribution in [0.4, 0.5) is 4.79 Å². The lowest BCUT2D eigenvalue weighted by Crippen LogP contribution is -2.44. The van der Waals surface area contributed by atoms with Crippen molar-refractivity contribution in [1.29, 1.82) is 0 Å². The fourth-order valence-electron chi connectivity index (χ4n) is 3.28. The van der Waals surface area contributed by atoms with Crippen molar-refractivity contribution in [2.75, 3.05) is 13.2 Å². The SMILES string of the molecule is C=CCOC(=O)CC/C(C)=C/CCOC(=O)C[C@@H](NC(=O)OC(C)(C)C)c1ccc(O[Si](C)(C)C(C)(C)C)c(Br)c1. The highest BCUT2D eigenvalue weighted by Crippen LogP contribution is 2.40. The van der Waals surface area contributed by atoms with E-state index in [1.165, 1.54) is 6.08 Å². The van der Waals surface area contributed by atoms with Gasteiger partial charge in [-0.3, -0.25) is 9.59 Å². The molecule has 0 saturated heterocycles. The summed E-state index contributed by atoms with van der Waals surface area (Å²) in [5.41, 5.74) is 1.02. The first-order valence-corrected chi connectivity index (χ1v) is 17.6. The minimum absolute atomic E-state index is 0.0284. The maximum absolute atomic E-state index is 12.8. The monoisotopic (exact) mass is 653 g/mol. The molecule has 1 rings (SSSR count). The molecule has 1 aromatic carbocycles. The summed E-state index contributed by atoms with van der Waals surface area (Å²) >= 11 is 3.61. The third-order valence-electron chi connectivity index (χ3n) is 6.55. The van der Waals surface area contributed by atoms with E-state index in [4.69, 9.17) is 18.6 Å². The Balaban J connectivity index is 2.90. The van der Waals surface area contributed by atoms with E-state index in [1.807, 2.05) is 31.2 Å². The molecule has 8 nitrogen and oxygen atoms in total. The summed E-state index contributed by atoms with van der Waals surface area (Å²) in [6.45, 7) is 22.0. The Morgan fingerprint density at radius 3 is 2.27 bits per heavy atom. The van der Waals surface area contributed by atoms with Crippen LogP contribution in [-0.2, 0) is 23.8 Å². The lowest BCUT2D eigenvalue weighted by Gasteiger charge is -2.36. The molecule has 0 aliphatic heterocycles. The van der Waals surface area contributed by atoms with Gasteiger partial charge in [0, 0.05) is 6.42 Å². The molecule has 0 spiro atoms. The van der Waals surface area contributed by atoms with Gasteiger partial charge in [0.1, 0.15) is 18.0 Å². The van der Waals surface area contributed by atoms with Gasteiger partial charge in [0.15, 0.2) is 0 Å². The molecule has 0 aromatic heterocycles. The number of halogens is 1. The molecule has 10 heteroatoms. The predicted molar refractivity (Wildman–Crippen MR) is 168 cm³/mol. The Bertz CT molecular complexity index is 1090. The molecule has 1 N–H and O–H groups in total. The van der Waals surface area contributed by atoms with Crippen molar-refractivity contribution >= 4 is 42.3 Å². The number of alkyl carbamates (subject to hydrolysis) is 1. The number of hydrogen-bond acceptors (Lipinski definition) is 7. The van der Waals surface area contributed by atoms with Gasteiger partial charge in [-0.1, -0.05) is 51.1 Å². The fraction of sp³-hybridized carbons (Fsp3) is 0.581. The molecule has 1 atom stereocenters. The number of benzene rings is 1. The van der Waals surface area contributed by atoms with Crippen LogP contribution >= 0.6 is 15.9 Å². The summed E-state index contributed by atoms with van der Waals surface area (Å²) in [6, 6.07) is 4.88. The minimum atomic E-state index is -2.07. The van der Waals surface area contributed by atoms with Gasteiger partial charge in [0.25, 0.3) is 8.32 Å². The van der Waals surface area contributed by atoms with Crippen molar-refractivity contribution < 1.29 is 33.0 Å². The van der Waals surface area contributed by atoms with E-state index in [9.17, 15) is 14.4 Å². The Kier molecular flexibility index (Phi) is 14.4. The molecule has 0 bridgehead atoms. The van der Waals surface area contributed by atoms with Crippen LogP contribution in [-0.4, -0.2) is 45.2 Å². The molecule has 0 radical (unpaired) electrons. The number of esters is 2. The maximum Gasteiger partial charge on any atom is 0.408 e. The highest BCUT2D eigenvalue weighted by molar-refractivity contribution is 9.10. The number of allylic oxidation sites excluding steroid dienone is 1. The van der Waals surface area contributed by atoms with Crippen molar-refractivity contribution in [3.8, 4) is 5.75 Å². The highest BCUT2D eigenvalue weighted by Gasteiger charge is 2.39. The number of hydrogen-bond donors (Lipinski definition) is 1. The third kappa shape index (κ3) is 14.2. The second kappa shape index (κ2) is 16.2. The van der Waals surface area contributed by atoms with Gasteiger partial charge < -0.3 is 24.0 Å². The highest BCUT2D eigenvalue weighted by atomic mass is 79.9. The van der Waals surface area contributed by atoms with E-state index in [-0.39, 0.29) is 37.1 Å². The van der Waals surface area contributed by atoms with Crippen LogP contribution in [0.15, 0.2) is 47.0 Å². The third-order valence-corrected chi connectivity index (χ3v) is 11.5. The molecule has 230 valence electrons. The molecular formula is C31H48BrNO7Si. The number of carbonyl (C=O) groups excluding carboxylic acids is 3. The van der Waals surface area contributed by atoms with Crippen molar-refractivity contribution in [2.24, 2.45) is 0 Å². The van der Waals surface area contributed by atoms with Gasteiger partial charge in [-0.15, -0.1) is 0 Å². The van der Waals surface area contributed by atoms with E-state index < -0.39 is 32.0 Å². The van der Waals surface area contributed by atoms with Crippen molar-refractivity contribution in [1.82, 2.24) is 5.32 Å². The van der Waals surface area contributed by atoms with Gasteiger partial charge in [0.05, 0.1) is 23.5 Å². The van der Waals surface area contributed by atoms with Crippen molar-refractivity contribution in [3.63, 3.8) is 0 Å². The Labute approximate surface area is 255 Å². The van der Waals surface area contributed by atoms with Crippen LogP contribution in [0.2, 0.25) is 18.1 Å². The van der Waals surface area contributed by atoms with Crippen LogP contribution in [0, 0.1) is 0 Å². The van der Waals surface area contributed by atoms with Gasteiger partial charge in [-0.05, 0) is 92.3 Å². The zero-order valence-electron chi connectivity index (χ0n) is 26.1.